The third kappa shape index (κ3) is 4.64. The van der Waals surface area contributed by atoms with Crippen molar-refractivity contribution >= 4 is 34.4 Å². The van der Waals surface area contributed by atoms with Crippen molar-refractivity contribution in [2.75, 3.05) is 0 Å². The summed E-state index contributed by atoms with van der Waals surface area (Å²) in [7, 11) is 0. The van der Waals surface area contributed by atoms with Crippen LogP contribution < -0.4 is 10.6 Å². The average molecular weight is 499 g/mol. The van der Waals surface area contributed by atoms with Crippen LogP contribution in [0.15, 0.2) is 48.5 Å². The van der Waals surface area contributed by atoms with Gasteiger partial charge in [-0.3, -0.25) is 14.5 Å². The highest BCUT2D eigenvalue weighted by Gasteiger charge is 2.44. The summed E-state index contributed by atoms with van der Waals surface area (Å²) in [5, 5.41) is 11.4. The summed E-state index contributed by atoms with van der Waals surface area (Å²) in [6.45, 7) is 7.98. The van der Waals surface area contributed by atoms with E-state index in [1.807, 2.05) is 66.9 Å². The SMILES string of the molecule is Cc1nc2c3ccccc3nn2c(C)c1CCC(=O)NCc1ccc(CN2C(=O)NC(C)(C)C2=O)cc1. The minimum Gasteiger partial charge on any atom is -0.352 e. The lowest BCUT2D eigenvalue weighted by molar-refractivity contribution is -0.130. The molecule has 37 heavy (non-hydrogen) atoms. The maximum Gasteiger partial charge on any atom is 0.325 e. The first-order chi connectivity index (χ1) is 17.6. The van der Waals surface area contributed by atoms with E-state index in [0.717, 1.165) is 44.6 Å². The number of amides is 4. The summed E-state index contributed by atoms with van der Waals surface area (Å²) in [6, 6.07) is 15.1. The van der Waals surface area contributed by atoms with Crippen molar-refractivity contribution in [1.82, 2.24) is 30.1 Å². The Kier molecular flexibility index (Phi) is 6.15. The van der Waals surface area contributed by atoms with Gasteiger partial charge in [0.1, 0.15) is 5.54 Å². The molecular formula is C28H30N6O3. The largest absolute Gasteiger partial charge is 0.352 e. The summed E-state index contributed by atoms with van der Waals surface area (Å²) in [6.07, 6.45) is 0.916. The molecule has 2 N–H and O–H groups in total. The van der Waals surface area contributed by atoms with Crippen LogP contribution in [0.4, 0.5) is 4.79 Å². The quantitative estimate of drug-likeness (QED) is 0.379. The van der Waals surface area contributed by atoms with Gasteiger partial charge in [0.2, 0.25) is 5.91 Å². The number of hydrogen-bond donors (Lipinski definition) is 2. The normalized spacial score (nSPS) is 15.0. The van der Waals surface area contributed by atoms with E-state index in [0.29, 0.717) is 19.4 Å². The number of urea groups is 1. The van der Waals surface area contributed by atoms with E-state index in [-0.39, 0.29) is 24.4 Å². The molecule has 0 saturated carbocycles. The second kappa shape index (κ2) is 9.31. The van der Waals surface area contributed by atoms with Gasteiger partial charge in [0, 0.05) is 29.7 Å². The van der Waals surface area contributed by atoms with Crippen LogP contribution in [0.3, 0.4) is 0 Å². The molecular weight excluding hydrogens is 468 g/mol. The average Bonchev–Trinajstić information content (AvgIpc) is 3.33. The zero-order chi connectivity index (χ0) is 26.3. The van der Waals surface area contributed by atoms with Gasteiger partial charge in [-0.1, -0.05) is 36.4 Å². The van der Waals surface area contributed by atoms with Crippen molar-refractivity contribution in [3.05, 3.63) is 76.6 Å². The minimum atomic E-state index is -0.882. The summed E-state index contributed by atoms with van der Waals surface area (Å²) in [4.78, 5) is 43.1. The topological polar surface area (TPSA) is 109 Å². The number of benzene rings is 2. The third-order valence-electron chi connectivity index (χ3n) is 6.92. The lowest BCUT2D eigenvalue weighted by Crippen LogP contribution is -2.40. The van der Waals surface area contributed by atoms with Crippen molar-refractivity contribution in [3.8, 4) is 0 Å². The molecule has 0 radical (unpaired) electrons. The highest BCUT2D eigenvalue weighted by molar-refractivity contribution is 6.06. The van der Waals surface area contributed by atoms with Crippen molar-refractivity contribution in [2.45, 2.75) is 59.2 Å². The second-order valence-corrected chi connectivity index (χ2v) is 10.1. The Balaban J connectivity index is 1.18. The summed E-state index contributed by atoms with van der Waals surface area (Å²) < 4.78 is 1.87. The molecule has 1 aliphatic rings. The molecule has 1 saturated heterocycles. The van der Waals surface area contributed by atoms with Crippen LogP contribution in [0.25, 0.3) is 16.6 Å². The first-order valence-corrected chi connectivity index (χ1v) is 12.4. The van der Waals surface area contributed by atoms with Gasteiger partial charge in [-0.15, -0.1) is 0 Å². The lowest BCUT2D eigenvalue weighted by Gasteiger charge is -2.16. The number of aromatic nitrogens is 3. The number of rotatable bonds is 7. The van der Waals surface area contributed by atoms with E-state index in [4.69, 9.17) is 4.98 Å². The van der Waals surface area contributed by atoms with Crippen molar-refractivity contribution in [2.24, 2.45) is 0 Å². The van der Waals surface area contributed by atoms with Crippen LogP contribution in [-0.2, 0) is 29.1 Å². The first-order valence-electron chi connectivity index (χ1n) is 12.4. The van der Waals surface area contributed by atoms with Gasteiger partial charge in [-0.05, 0) is 62.9 Å². The maximum absolute atomic E-state index is 12.6. The number of nitrogens with one attached hydrogen (secondary N) is 2. The fourth-order valence-corrected chi connectivity index (χ4v) is 4.77. The fourth-order valence-electron chi connectivity index (χ4n) is 4.77. The molecule has 9 heteroatoms. The van der Waals surface area contributed by atoms with E-state index >= 15 is 0 Å². The predicted octanol–water partition coefficient (Wildman–Crippen LogP) is 3.58. The fraction of sp³-hybridized carbons (Fsp3) is 0.321. The van der Waals surface area contributed by atoms with Crippen LogP contribution in [0, 0.1) is 13.8 Å². The van der Waals surface area contributed by atoms with Gasteiger partial charge in [-0.25, -0.2) is 14.3 Å². The van der Waals surface area contributed by atoms with Gasteiger partial charge in [-0.2, -0.15) is 5.10 Å². The van der Waals surface area contributed by atoms with Crippen molar-refractivity contribution in [3.63, 3.8) is 0 Å². The van der Waals surface area contributed by atoms with Crippen LogP contribution in [0.5, 0.6) is 0 Å². The van der Waals surface area contributed by atoms with Crippen molar-refractivity contribution in [1.29, 1.82) is 0 Å². The number of imide groups is 1. The van der Waals surface area contributed by atoms with Gasteiger partial charge in [0.25, 0.3) is 5.91 Å². The van der Waals surface area contributed by atoms with E-state index in [2.05, 4.69) is 15.7 Å². The molecule has 5 rings (SSSR count). The number of aryl methyl sites for hydroxylation is 2. The van der Waals surface area contributed by atoms with E-state index < -0.39 is 5.54 Å². The summed E-state index contributed by atoms with van der Waals surface area (Å²) in [5.41, 5.74) is 5.57. The molecule has 1 fully saturated rings. The van der Waals surface area contributed by atoms with Gasteiger partial charge in [0.05, 0.1) is 12.1 Å². The smallest absolute Gasteiger partial charge is 0.325 e. The molecule has 0 aliphatic carbocycles. The van der Waals surface area contributed by atoms with E-state index in [1.54, 1.807) is 13.8 Å². The zero-order valence-corrected chi connectivity index (χ0v) is 21.5. The highest BCUT2D eigenvalue weighted by Crippen LogP contribution is 2.23. The van der Waals surface area contributed by atoms with Crippen LogP contribution in [0.1, 0.15) is 48.3 Å². The molecule has 9 nitrogen and oxygen atoms in total. The predicted molar refractivity (Wildman–Crippen MR) is 140 cm³/mol. The summed E-state index contributed by atoms with van der Waals surface area (Å²) >= 11 is 0. The molecule has 2 aromatic heterocycles. The zero-order valence-electron chi connectivity index (χ0n) is 21.5. The number of carbonyl (C=O) groups is 3. The minimum absolute atomic E-state index is 0.0461. The molecule has 2 aromatic carbocycles. The molecule has 4 amide bonds. The number of nitrogens with zero attached hydrogens (tertiary/aromatic N) is 4. The molecule has 0 spiro atoms. The Hall–Kier alpha value is -4.27. The Morgan fingerprint density at radius 2 is 1.73 bits per heavy atom. The molecule has 4 aromatic rings. The third-order valence-corrected chi connectivity index (χ3v) is 6.92. The lowest BCUT2D eigenvalue weighted by atomic mass is 10.1. The monoisotopic (exact) mass is 498 g/mol. The molecule has 0 unspecified atom stereocenters. The van der Waals surface area contributed by atoms with Gasteiger partial charge in [0.15, 0.2) is 5.65 Å². The van der Waals surface area contributed by atoms with Gasteiger partial charge >= 0.3 is 6.03 Å². The first kappa shape index (κ1) is 24.4. The van der Waals surface area contributed by atoms with Crippen LogP contribution in [0.2, 0.25) is 0 Å². The number of fused-ring (bicyclic) bond motifs is 3. The van der Waals surface area contributed by atoms with Gasteiger partial charge < -0.3 is 10.6 Å². The summed E-state index contributed by atoms with van der Waals surface area (Å²) in [5.74, 6) is -0.287. The molecule has 0 atom stereocenters. The molecule has 1 aliphatic heterocycles. The number of carbonyl (C=O) groups excluding carboxylic acids is 3. The van der Waals surface area contributed by atoms with Crippen molar-refractivity contribution < 1.29 is 14.4 Å². The number of hydrogen-bond acceptors (Lipinski definition) is 5. The molecule has 190 valence electrons. The molecule has 3 heterocycles. The Morgan fingerprint density at radius 3 is 2.43 bits per heavy atom. The standard InChI is InChI=1S/C28H30N6O3/c1-17-21(18(2)34-25(30-17)22-7-5-6-8-23(22)32-34)13-14-24(35)29-15-19-9-11-20(12-10-19)16-33-26(36)28(3,4)31-27(33)37/h5-12H,13-16H2,1-4H3,(H,29,35)(H,31,37). The highest BCUT2D eigenvalue weighted by atomic mass is 16.2. The molecule has 0 bridgehead atoms. The van der Waals surface area contributed by atoms with E-state index in [1.165, 1.54) is 4.90 Å². The Bertz CT molecular complexity index is 1540. The second-order valence-electron chi connectivity index (χ2n) is 10.1. The Morgan fingerprint density at radius 1 is 1.03 bits per heavy atom. The maximum atomic E-state index is 12.6. The Labute approximate surface area is 214 Å². The van der Waals surface area contributed by atoms with Crippen LogP contribution >= 0.6 is 0 Å². The van der Waals surface area contributed by atoms with E-state index in [9.17, 15) is 14.4 Å². The van der Waals surface area contributed by atoms with Crippen LogP contribution in [-0.4, -0.2) is 42.9 Å².